The smallest absolute Gasteiger partial charge is 0.335 e. The van der Waals surface area contributed by atoms with Crippen LogP contribution in [0.2, 0.25) is 10.0 Å². The normalized spacial score (nSPS) is 14.0. The molecule has 0 atom stereocenters. The summed E-state index contributed by atoms with van der Waals surface area (Å²) in [6, 6.07) is 21.5. The van der Waals surface area contributed by atoms with Crippen LogP contribution in [0, 0.1) is 5.82 Å². The number of carbonyl (C=O) groups is 3. The van der Waals surface area contributed by atoms with E-state index in [1.165, 1.54) is 24.3 Å². The van der Waals surface area contributed by atoms with E-state index in [0.717, 1.165) is 10.5 Å². The van der Waals surface area contributed by atoms with E-state index in [1.807, 2.05) is 12.1 Å². The van der Waals surface area contributed by atoms with Gasteiger partial charge in [0.2, 0.25) is 0 Å². The summed E-state index contributed by atoms with van der Waals surface area (Å²) in [6.07, 6.45) is 1.32. The van der Waals surface area contributed by atoms with Gasteiger partial charge in [0.25, 0.3) is 11.8 Å². The van der Waals surface area contributed by atoms with Crippen molar-refractivity contribution in [3.05, 3.63) is 123 Å². The SMILES string of the molecule is CCOc1cc(/C=C2\C(=O)NC(=O)N(c3ccc(OCc4ccc(Cl)cc4)cc3)C2=O)cc(Cl)c1OCc1ccc(F)cc1. The van der Waals surface area contributed by atoms with E-state index in [0.29, 0.717) is 28.5 Å². The highest BCUT2D eigenvalue weighted by Gasteiger charge is 2.37. The van der Waals surface area contributed by atoms with Gasteiger partial charge in [-0.15, -0.1) is 0 Å². The zero-order valence-corrected chi connectivity index (χ0v) is 24.8. The first-order valence-corrected chi connectivity index (χ1v) is 14.2. The van der Waals surface area contributed by atoms with E-state index in [2.05, 4.69) is 5.32 Å². The Morgan fingerprint density at radius 3 is 2.11 bits per heavy atom. The summed E-state index contributed by atoms with van der Waals surface area (Å²) in [4.78, 5) is 39.8. The molecule has 1 saturated heterocycles. The number of ether oxygens (including phenoxy) is 3. The number of nitrogens with one attached hydrogen (secondary N) is 1. The molecule has 11 heteroatoms. The molecule has 224 valence electrons. The Labute approximate surface area is 262 Å². The minimum atomic E-state index is -0.885. The fourth-order valence-electron chi connectivity index (χ4n) is 4.31. The molecule has 0 radical (unpaired) electrons. The number of amides is 4. The van der Waals surface area contributed by atoms with Crippen LogP contribution in [0.5, 0.6) is 17.2 Å². The molecular weight excluding hydrogens is 610 g/mol. The topological polar surface area (TPSA) is 94.2 Å². The quantitative estimate of drug-likeness (QED) is 0.145. The molecule has 0 aliphatic carbocycles. The van der Waals surface area contributed by atoms with Crippen LogP contribution in [0.15, 0.2) is 90.5 Å². The fourth-order valence-corrected chi connectivity index (χ4v) is 4.71. The van der Waals surface area contributed by atoms with Crippen molar-refractivity contribution in [3.8, 4) is 17.2 Å². The summed E-state index contributed by atoms with van der Waals surface area (Å²) in [5.41, 5.74) is 1.95. The van der Waals surface area contributed by atoms with Crippen molar-refractivity contribution >= 4 is 52.8 Å². The van der Waals surface area contributed by atoms with Gasteiger partial charge in [-0.3, -0.25) is 14.9 Å². The van der Waals surface area contributed by atoms with E-state index < -0.39 is 17.8 Å². The molecule has 0 aromatic heterocycles. The third kappa shape index (κ3) is 7.19. The predicted molar refractivity (Wildman–Crippen MR) is 165 cm³/mol. The average Bonchev–Trinajstić information content (AvgIpc) is 3.00. The number of carbonyl (C=O) groups excluding carboxylic acids is 3. The van der Waals surface area contributed by atoms with Gasteiger partial charge in [-0.2, -0.15) is 0 Å². The molecule has 0 bridgehead atoms. The lowest BCUT2D eigenvalue weighted by molar-refractivity contribution is -0.122. The van der Waals surface area contributed by atoms with Crippen molar-refractivity contribution in [1.82, 2.24) is 5.32 Å². The highest BCUT2D eigenvalue weighted by molar-refractivity contribution is 6.39. The Balaban J connectivity index is 1.35. The first-order valence-electron chi connectivity index (χ1n) is 13.4. The second-order valence-corrected chi connectivity index (χ2v) is 10.4. The third-order valence-corrected chi connectivity index (χ3v) is 6.99. The zero-order valence-electron chi connectivity index (χ0n) is 23.3. The molecule has 8 nitrogen and oxygen atoms in total. The maximum Gasteiger partial charge on any atom is 0.335 e. The van der Waals surface area contributed by atoms with Gasteiger partial charge in [0.15, 0.2) is 11.5 Å². The predicted octanol–water partition coefficient (Wildman–Crippen LogP) is 7.36. The van der Waals surface area contributed by atoms with E-state index in [9.17, 15) is 18.8 Å². The van der Waals surface area contributed by atoms with Gasteiger partial charge in [0, 0.05) is 5.02 Å². The number of halogens is 3. The first kappa shape index (κ1) is 30.6. The van der Waals surface area contributed by atoms with Crippen LogP contribution in [-0.2, 0) is 22.8 Å². The lowest BCUT2D eigenvalue weighted by Gasteiger charge is -2.26. The molecule has 5 rings (SSSR count). The minimum Gasteiger partial charge on any atom is -0.490 e. The largest absolute Gasteiger partial charge is 0.490 e. The Morgan fingerprint density at radius 1 is 0.818 bits per heavy atom. The Kier molecular flexibility index (Phi) is 9.47. The summed E-state index contributed by atoms with van der Waals surface area (Å²) < 4.78 is 30.6. The second kappa shape index (κ2) is 13.6. The summed E-state index contributed by atoms with van der Waals surface area (Å²) in [5, 5.41) is 2.99. The number of anilines is 1. The van der Waals surface area contributed by atoms with E-state index in [4.69, 9.17) is 37.4 Å². The molecule has 0 unspecified atom stereocenters. The van der Waals surface area contributed by atoms with Gasteiger partial charge in [-0.1, -0.05) is 47.5 Å². The average molecular weight is 635 g/mol. The van der Waals surface area contributed by atoms with Crippen molar-refractivity contribution in [1.29, 1.82) is 0 Å². The number of hydrogen-bond donors (Lipinski definition) is 1. The lowest BCUT2D eigenvalue weighted by atomic mass is 10.1. The molecule has 1 N–H and O–H groups in total. The highest BCUT2D eigenvalue weighted by Crippen LogP contribution is 2.38. The van der Waals surface area contributed by atoms with E-state index >= 15 is 0 Å². The summed E-state index contributed by atoms with van der Waals surface area (Å²) >= 11 is 12.4. The molecule has 44 heavy (non-hydrogen) atoms. The van der Waals surface area contributed by atoms with Crippen LogP contribution in [0.4, 0.5) is 14.9 Å². The molecule has 4 amide bonds. The third-order valence-electron chi connectivity index (χ3n) is 6.45. The van der Waals surface area contributed by atoms with Crippen molar-refractivity contribution in [2.75, 3.05) is 11.5 Å². The number of hydrogen-bond acceptors (Lipinski definition) is 6. The molecule has 4 aromatic rings. The fraction of sp³-hybridized carbons (Fsp3) is 0.121. The molecule has 1 aliphatic heterocycles. The Morgan fingerprint density at radius 2 is 1.45 bits per heavy atom. The molecule has 1 aliphatic rings. The minimum absolute atomic E-state index is 0.101. The number of nitrogens with zero attached hydrogens (tertiary/aromatic N) is 1. The summed E-state index contributed by atoms with van der Waals surface area (Å²) in [5.74, 6) is -1.00. The van der Waals surface area contributed by atoms with Crippen LogP contribution in [0.25, 0.3) is 6.08 Å². The van der Waals surface area contributed by atoms with Gasteiger partial charge < -0.3 is 14.2 Å². The lowest BCUT2D eigenvalue weighted by Crippen LogP contribution is -2.54. The van der Waals surface area contributed by atoms with Gasteiger partial charge in [0.1, 0.15) is 30.4 Å². The molecule has 1 heterocycles. The maximum atomic E-state index is 13.4. The molecule has 0 spiro atoms. The van der Waals surface area contributed by atoms with Crippen LogP contribution in [0.1, 0.15) is 23.6 Å². The Hall–Kier alpha value is -4.86. The first-order chi connectivity index (χ1) is 21.2. The number of imide groups is 2. The standard InChI is InChI=1S/C33H25Cl2FN2O6/c1-2-42-29-17-22(16-28(35)30(29)44-19-21-5-9-24(36)10-6-21)15-27-31(39)37-33(41)38(32(27)40)25-11-13-26(14-12-25)43-18-20-3-7-23(34)8-4-20/h3-17H,2,18-19H2,1H3,(H,37,39,41)/b27-15+. The van der Waals surface area contributed by atoms with Crippen molar-refractivity contribution in [2.45, 2.75) is 20.1 Å². The van der Waals surface area contributed by atoms with Crippen LogP contribution in [-0.4, -0.2) is 24.5 Å². The van der Waals surface area contributed by atoms with Gasteiger partial charge in [-0.05, 0) is 90.4 Å². The number of rotatable bonds is 10. The number of urea groups is 1. The molecule has 1 fully saturated rings. The number of barbiturate groups is 1. The Bertz CT molecular complexity index is 1730. The van der Waals surface area contributed by atoms with Crippen molar-refractivity contribution in [3.63, 3.8) is 0 Å². The van der Waals surface area contributed by atoms with Crippen LogP contribution in [0.3, 0.4) is 0 Å². The highest BCUT2D eigenvalue weighted by atomic mass is 35.5. The summed E-state index contributed by atoms with van der Waals surface area (Å²) in [6.45, 7) is 2.45. The maximum absolute atomic E-state index is 13.4. The molecule has 4 aromatic carbocycles. The van der Waals surface area contributed by atoms with Gasteiger partial charge in [-0.25, -0.2) is 14.1 Å². The van der Waals surface area contributed by atoms with Crippen LogP contribution < -0.4 is 24.4 Å². The monoisotopic (exact) mass is 634 g/mol. The van der Waals surface area contributed by atoms with Crippen LogP contribution >= 0.6 is 23.2 Å². The molecular formula is C33H25Cl2FN2O6. The molecule has 0 saturated carbocycles. The van der Waals surface area contributed by atoms with Gasteiger partial charge in [0.05, 0.1) is 17.3 Å². The van der Waals surface area contributed by atoms with E-state index in [1.54, 1.807) is 61.5 Å². The van der Waals surface area contributed by atoms with Gasteiger partial charge >= 0.3 is 6.03 Å². The second-order valence-electron chi connectivity index (χ2n) is 9.55. The van der Waals surface area contributed by atoms with Crippen molar-refractivity contribution in [2.24, 2.45) is 0 Å². The van der Waals surface area contributed by atoms with E-state index in [-0.39, 0.29) is 46.8 Å². The zero-order chi connectivity index (χ0) is 31.2. The summed E-state index contributed by atoms with van der Waals surface area (Å²) in [7, 11) is 0. The number of benzene rings is 4. The van der Waals surface area contributed by atoms with Crippen molar-refractivity contribution < 1.29 is 33.0 Å².